The quantitative estimate of drug-likeness (QED) is 0.443. The Morgan fingerprint density at radius 1 is 1.00 bits per heavy atom. The summed E-state index contributed by atoms with van der Waals surface area (Å²) in [7, 11) is 1.61. The van der Waals surface area contributed by atoms with Gasteiger partial charge in [-0.05, 0) is 29.3 Å². The Morgan fingerprint density at radius 3 is 2.50 bits per heavy atom. The van der Waals surface area contributed by atoms with Gasteiger partial charge in [-0.15, -0.1) is 0 Å². The van der Waals surface area contributed by atoms with E-state index in [9.17, 15) is 9.59 Å². The smallest absolute Gasteiger partial charge is 0.359 e. The summed E-state index contributed by atoms with van der Waals surface area (Å²) in [5, 5.41) is 13.5. The van der Waals surface area contributed by atoms with Gasteiger partial charge in [0, 0.05) is 11.8 Å². The van der Waals surface area contributed by atoms with Crippen LogP contribution >= 0.6 is 0 Å². The first-order valence-corrected chi connectivity index (χ1v) is 10.8. The van der Waals surface area contributed by atoms with Gasteiger partial charge in [0.05, 0.1) is 24.4 Å². The number of hydrazone groups is 1. The molecule has 0 radical (unpaired) electrons. The number of ether oxygens (including phenoxy) is 2. The number of carbonyl (C=O) groups is 2. The zero-order valence-electron chi connectivity index (χ0n) is 18.5. The summed E-state index contributed by atoms with van der Waals surface area (Å²) in [6.45, 7) is -0.446. The van der Waals surface area contributed by atoms with Crippen molar-refractivity contribution in [2.45, 2.75) is 12.5 Å². The van der Waals surface area contributed by atoms with Crippen LogP contribution in [0.1, 0.15) is 34.1 Å². The van der Waals surface area contributed by atoms with Crippen LogP contribution in [0.3, 0.4) is 0 Å². The minimum Gasteiger partial charge on any atom is -0.497 e. The van der Waals surface area contributed by atoms with Gasteiger partial charge in [-0.3, -0.25) is 9.89 Å². The molecule has 8 heteroatoms. The third-order valence-electron chi connectivity index (χ3n) is 5.76. The van der Waals surface area contributed by atoms with Gasteiger partial charge in [0.25, 0.3) is 5.91 Å². The standard InChI is InChI=1S/C26H22N4O4/c1-33-19-13-11-18(12-14-19)23-15-22(17-7-3-2-4-8-17)29-30(23)24(31)16-34-26(32)25-20-9-5-6-10-21(20)27-28-25/h2-14,23H,15-16H2,1H3,(H,27,28). The monoisotopic (exact) mass is 454 g/mol. The van der Waals surface area contributed by atoms with Crippen LogP contribution in [0.15, 0.2) is 84.0 Å². The molecule has 34 heavy (non-hydrogen) atoms. The molecular weight excluding hydrogens is 432 g/mol. The molecule has 0 aliphatic carbocycles. The number of hydrogen-bond acceptors (Lipinski definition) is 6. The Hall–Kier alpha value is -4.46. The second-order valence-corrected chi connectivity index (χ2v) is 7.84. The van der Waals surface area contributed by atoms with Gasteiger partial charge in [-0.1, -0.05) is 60.7 Å². The lowest BCUT2D eigenvalue weighted by Crippen LogP contribution is -2.31. The van der Waals surface area contributed by atoms with E-state index in [2.05, 4.69) is 15.3 Å². The number of benzene rings is 3. The van der Waals surface area contributed by atoms with Crippen molar-refractivity contribution in [2.75, 3.05) is 13.7 Å². The number of aromatic nitrogens is 2. The summed E-state index contributed by atoms with van der Waals surface area (Å²) in [4.78, 5) is 25.8. The lowest BCUT2D eigenvalue weighted by molar-refractivity contribution is -0.136. The number of rotatable bonds is 6. The van der Waals surface area contributed by atoms with Crippen LogP contribution < -0.4 is 4.74 Å². The Kier molecular flexibility index (Phi) is 5.78. The number of esters is 1. The van der Waals surface area contributed by atoms with Crippen molar-refractivity contribution in [1.29, 1.82) is 0 Å². The van der Waals surface area contributed by atoms with Gasteiger partial charge in [0.15, 0.2) is 12.3 Å². The summed E-state index contributed by atoms with van der Waals surface area (Å²) < 4.78 is 10.6. The first-order valence-electron chi connectivity index (χ1n) is 10.8. The van der Waals surface area contributed by atoms with Crippen LogP contribution in [0.2, 0.25) is 0 Å². The zero-order chi connectivity index (χ0) is 23.5. The number of aromatic amines is 1. The van der Waals surface area contributed by atoms with Gasteiger partial charge in [0.1, 0.15) is 5.75 Å². The van der Waals surface area contributed by atoms with Crippen LogP contribution in [0.4, 0.5) is 0 Å². The lowest BCUT2D eigenvalue weighted by atomic mass is 9.98. The molecule has 3 aromatic carbocycles. The predicted octanol–water partition coefficient (Wildman–Crippen LogP) is 4.11. The van der Waals surface area contributed by atoms with Crippen molar-refractivity contribution < 1.29 is 19.1 Å². The van der Waals surface area contributed by atoms with E-state index in [4.69, 9.17) is 9.47 Å². The summed E-state index contributed by atoms with van der Waals surface area (Å²) in [6.07, 6.45) is 0.542. The van der Waals surface area contributed by atoms with Crippen molar-refractivity contribution in [3.63, 3.8) is 0 Å². The summed E-state index contributed by atoms with van der Waals surface area (Å²) in [6, 6.07) is 24.1. The first-order chi connectivity index (χ1) is 16.6. The molecule has 5 rings (SSSR count). The van der Waals surface area contributed by atoms with E-state index >= 15 is 0 Å². The number of nitrogens with one attached hydrogen (secondary N) is 1. The first kappa shape index (κ1) is 21.4. The molecule has 2 heterocycles. The number of para-hydroxylation sites is 1. The molecule has 0 saturated heterocycles. The van der Waals surface area contributed by atoms with Crippen LogP contribution in [0, 0.1) is 0 Å². The number of methoxy groups -OCH3 is 1. The third kappa shape index (κ3) is 4.13. The maximum atomic E-state index is 13.2. The Labute approximate surface area is 195 Å². The molecule has 1 aromatic heterocycles. The lowest BCUT2D eigenvalue weighted by Gasteiger charge is -2.22. The van der Waals surface area contributed by atoms with Gasteiger partial charge < -0.3 is 9.47 Å². The van der Waals surface area contributed by atoms with Gasteiger partial charge in [-0.25, -0.2) is 9.80 Å². The fraction of sp³-hybridized carbons (Fsp3) is 0.154. The molecule has 1 aliphatic rings. The molecule has 0 spiro atoms. The van der Waals surface area contributed by atoms with E-state index in [1.165, 1.54) is 5.01 Å². The Balaban J connectivity index is 1.36. The highest BCUT2D eigenvalue weighted by Crippen LogP contribution is 2.33. The predicted molar refractivity (Wildman–Crippen MR) is 127 cm³/mol. The second kappa shape index (κ2) is 9.19. The highest BCUT2D eigenvalue weighted by molar-refractivity contribution is 6.04. The number of fused-ring (bicyclic) bond motifs is 1. The summed E-state index contributed by atoms with van der Waals surface area (Å²) in [5.41, 5.74) is 3.51. The molecule has 1 aliphatic heterocycles. The fourth-order valence-corrected chi connectivity index (χ4v) is 4.01. The SMILES string of the molecule is COc1ccc(C2CC(c3ccccc3)=NN2C(=O)COC(=O)c2n[nH]c3ccccc23)cc1. The average molecular weight is 454 g/mol. The average Bonchev–Trinajstić information content (AvgIpc) is 3.53. The molecule has 170 valence electrons. The highest BCUT2D eigenvalue weighted by atomic mass is 16.5. The highest BCUT2D eigenvalue weighted by Gasteiger charge is 2.33. The van der Waals surface area contributed by atoms with Crippen LogP contribution in [-0.2, 0) is 9.53 Å². The second-order valence-electron chi connectivity index (χ2n) is 7.84. The third-order valence-corrected chi connectivity index (χ3v) is 5.76. The van der Waals surface area contributed by atoms with E-state index in [1.807, 2.05) is 72.8 Å². The Bertz CT molecular complexity index is 1360. The molecule has 8 nitrogen and oxygen atoms in total. The number of nitrogens with zero attached hydrogens (tertiary/aromatic N) is 3. The van der Waals surface area contributed by atoms with Crippen molar-refractivity contribution >= 4 is 28.5 Å². The number of amides is 1. The minimum absolute atomic E-state index is 0.144. The van der Waals surface area contributed by atoms with E-state index < -0.39 is 18.5 Å². The molecule has 4 aromatic rings. The molecule has 1 unspecified atom stereocenters. The number of carbonyl (C=O) groups excluding carboxylic acids is 2. The molecule has 1 atom stereocenters. The van der Waals surface area contributed by atoms with Gasteiger partial charge >= 0.3 is 5.97 Å². The zero-order valence-corrected chi connectivity index (χ0v) is 18.5. The molecule has 1 amide bonds. The molecule has 0 fully saturated rings. The van der Waals surface area contributed by atoms with Crippen molar-refractivity contribution in [3.8, 4) is 5.75 Å². The van der Waals surface area contributed by atoms with Crippen LogP contribution in [0.25, 0.3) is 10.9 Å². The molecule has 0 saturated carbocycles. The molecular formula is C26H22N4O4. The molecule has 0 bridgehead atoms. The summed E-state index contributed by atoms with van der Waals surface area (Å²) in [5.74, 6) is -0.359. The minimum atomic E-state index is -0.668. The normalized spacial score (nSPS) is 15.3. The van der Waals surface area contributed by atoms with Crippen molar-refractivity contribution in [2.24, 2.45) is 5.10 Å². The number of H-pyrrole nitrogens is 1. The van der Waals surface area contributed by atoms with Gasteiger partial charge in [-0.2, -0.15) is 10.2 Å². The van der Waals surface area contributed by atoms with E-state index in [1.54, 1.807) is 13.2 Å². The molecule has 1 N–H and O–H groups in total. The Morgan fingerprint density at radius 2 is 1.74 bits per heavy atom. The maximum absolute atomic E-state index is 13.2. The van der Waals surface area contributed by atoms with Crippen LogP contribution in [-0.4, -0.2) is 46.5 Å². The van der Waals surface area contributed by atoms with E-state index in [-0.39, 0.29) is 11.7 Å². The van der Waals surface area contributed by atoms with Crippen LogP contribution in [0.5, 0.6) is 5.75 Å². The maximum Gasteiger partial charge on any atom is 0.359 e. The van der Waals surface area contributed by atoms with E-state index in [0.717, 1.165) is 28.1 Å². The largest absolute Gasteiger partial charge is 0.497 e. The van der Waals surface area contributed by atoms with Crippen molar-refractivity contribution in [3.05, 3.63) is 95.7 Å². The van der Waals surface area contributed by atoms with Gasteiger partial charge in [0.2, 0.25) is 0 Å². The topological polar surface area (TPSA) is 96.9 Å². The summed E-state index contributed by atoms with van der Waals surface area (Å²) >= 11 is 0. The van der Waals surface area contributed by atoms with E-state index in [0.29, 0.717) is 11.8 Å². The number of hydrogen-bond donors (Lipinski definition) is 1. The van der Waals surface area contributed by atoms with Crippen molar-refractivity contribution in [1.82, 2.24) is 15.2 Å². The fourth-order valence-electron chi connectivity index (χ4n) is 4.01.